The number of hydrogen-bond donors (Lipinski definition) is 2. The Bertz CT molecular complexity index is 939. The zero-order chi connectivity index (χ0) is 20.6. The van der Waals surface area contributed by atoms with Crippen molar-refractivity contribution in [1.82, 2.24) is 10.2 Å². The molecule has 2 fully saturated rings. The van der Waals surface area contributed by atoms with Crippen molar-refractivity contribution in [2.45, 2.75) is 44.0 Å². The SMILES string of the molecule is CCOc1ccccc1CN1CCC2(CC1)CC1(CO2)NC(=O)c2ccccc2N1. The van der Waals surface area contributed by atoms with Crippen LogP contribution in [-0.4, -0.2) is 48.4 Å². The molecule has 2 aromatic carbocycles. The molecule has 2 aromatic rings. The molecule has 2 saturated heterocycles. The first-order valence-corrected chi connectivity index (χ1v) is 10.9. The lowest BCUT2D eigenvalue weighted by molar-refractivity contribution is -0.0453. The largest absolute Gasteiger partial charge is 0.494 e. The van der Waals surface area contributed by atoms with Gasteiger partial charge in [-0.15, -0.1) is 0 Å². The van der Waals surface area contributed by atoms with Crippen LogP contribution in [0.4, 0.5) is 5.69 Å². The average Bonchev–Trinajstić information content (AvgIpc) is 3.08. The number of rotatable bonds is 4. The van der Waals surface area contributed by atoms with Crippen LogP contribution in [0.3, 0.4) is 0 Å². The fraction of sp³-hybridized carbons (Fsp3) is 0.458. The molecule has 1 amide bonds. The van der Waals surface area contributed by atoms with Crippen molar-refractivity contribution in [2.75, 3.05) is 31.6 Å². The zero-order valence-electron chi connectivity index (χ0n) is 17.4. The van der Waals surface area contributed by atoms with Gasteiger partial charge in [0.2, 0.25) is 0 Å². The van der Waals surface area contributed by atoms with Crippen molar-refractivity contribution in [2.24, 2.45) is 0 Å². The first kappa shape index (κ1) is 19.4. The molecule has 0 saturated carbocycles. The molecule has 3 aliphatic rings. The van der Waals surface area contributed by atoms with Crippen molar-refractivity contribution in [3.63, 3.8) is 0 Å². The maximum Gasteiger partial charge on any atom is 0.255 e. The van der Waals surface area contributed by atoms with Crippen LogP contribution < -0.4 is 15.4 Å². The van der Waals surface area contributed by atoms with Gasteiger partial charge in [-0.05, 0) is 38.0 Å². The predicted molar refractivity (Wildman–Crippen MR) is 116 cm³/mol. The average molecular weight is 408 g/mol. The standard InChI is InChI=1S/C24H29N3O3/c1-2-29-21-10-6-3-7-18(21)15-27-13-11-23(12-14-27)16-24(17-30-23)25-20-9-5-4-8-19(20)22(28)26-24/h3-10,25H,2,11-17H2,1H3,(H,26,28). The minimum absolute atomic E-state index is 0.0185. The van der Waals surface area contributed by atoms with Crippen molar-refractivity contribution in [3.8, 4) is 5.75 Å². The summed E-state index contributed by atoms with van der Waals surface area (Å²) in [6.45, 7) is 6.03. The molecule has 5 rings (SSSR count). The number of ether oxygens (including phenoxy) is 2. The molecule has 0 aromatic heterocycles. The number of carbonyl (C=O) groups excluding carboxylic acids is 1. The molecular weight excluding hydrogens is 378 g/mol. The van der Waals surface area contributed by atoms with Crippen molar-refractivity contribution in [1.29, 1.82) is 0 Å². The molecule has 158 valence electrons. The highest BCUT2D eigenvalue weighted by Crippen LogP contribution is 2.43. The molecule has 2 spiro atoms. The lowest BCUT2D eigenvalue weighted by Crippen LogP contribution is -2.59. The predicted octanol–water partition coefficient (Wildman–Crippen LogP) is 3.39. The zero-order valence-corrected chi connectivity index (χ0v) is 17.4. The van der Waals surface area contributed by atoms with E-state index in [-0.39, 0.29) is 11.5 Å². The maximum atomic E-state index is 12.6. The molecule has 3 heterocycles. The third-order valence-corrected chi connectivity index (χ3v) is 6.58. The Kier molecular flexibility index (Phi) is 4.91. The van der Waals surface area contributed by atoms with Crippen LogP contribution in [0.15, 0.2) is 48.5 Å². The monoisotopic (exact) mass is 407 g/mol. The van der Waals surface area contributed by atoms with Gasteiger partial charge in [0.05, 0.1) is 24.4 Å². The van der Waals surface area contributed by atoms with Crippen LogP contribution in [0.5, 0.6) is 5.75 Å². The number of piperidine rings is 1. The Morgan fingerprint density at radius 2 is 1.83 bits per heavy atom. The third kappa shape index (κ3) is 3.55. The number of nitrogens with one attached hydrogen (secondary N) is 2. The highest BCUT2D eigenvalue weighted by atomic mass is 16.5. The Hall–Kier alpha value is -2.57. The second kappa shape index (κ2) is 7.60. The summed E-state index contributed by atoms with van der Waals surface area (Å²) in [4.78, 5) is 15.1. The second-order valence-corrected chi connectivity index (χ2v) is 8.67. The van der Waals surface area contributed by atoms with Crippen LogP contribution in [0.2, 0.25) is 0 Å². The molecule has 6 heteroatoms. The summed E-state index contributed by atoms with van der Waals surface area (Å²) >= 11 is 0. The number of para-hydroxylation sites is 2. The van der Waals surface area contributed by atoms with Gasteiger partial charge in [-0.2, -0.15) is 0 Å². The number of benzene rings is 2. The van der Waals surface area contributed by atoms with Crippen LogP contribution in [0.1, 0.15) is 42.1 Å². The van der Waals surface area contributed by atoms with Crippen LogP contribution in [-0.2, 0) is 11.3 Å². The van der Waals surface area contributed by atoms with Crippen LogP contribution >= 0.6 is 0 Å². The Morgan fingerprint density at radius 1 is 1.07 bits per heavy atom. The second-order valence-electron chi connectivity index (χ2n) is 8.67. The first-order chi connectivity index (χ1) is 14.6. The summed E-state index contributed by atoms with van der Waals surface area (Å²) in [5.74, 6) is 0.958. The highest BCUT2D eigenvalue weighted by Gasteiger charge is 2.53. The van der Waals surface area contributed by atoms with Gasteiger partial charge in [-0.1, -0.05) is 30.3 Å². The molecule has 3 aliphatic heterocycles. The van der Waals surface area contributed by atoms with E-state index in [1.54, 1.807) is 0 Å². The van der Waals surface area contributed by atoms with Crippen LogP contribution in [0, 0.1) is 0 Å². The summed E-state index contributed by atoms with van der Waals surface area (Å²) in [5.41, 5.74) is 2.15. The molecule has 0 bridgehead atoms. The number of likely N-dealkylation sites (tertiary alicyclic amines) is 1. The lowest BCUT2D eigenvalue weighted by Gasteiger charge is -2.41. The molecule has 6 nitrogen and oxygen atoms in total. The number of hydrogen-bond acceptors (Lipinski definition) is 5. The van der Waals surface area contributed by atoms with Gasteiger partial charge in [0.25, 0.3) is 5.91 Å². The Balaban J connectivity index is 1.24. The summed E-state index contributed by atoms with van der Waals surface area (Å²) in [5, 5.41) is 6.75. The van der Waals surface area contributed by atoms with Crippen molar-refractivity contribution < 1.29 is 14.3 Å². The van der Waals surface area contributed by atoms with Crippen LogP contribution in [0.25, 0.3) is 0 Å². The topological polar surface area (TPSA) is 62.8 Å². The van der Waals surface area contributed by atoms with Gasteiger partial charge in [-0.3, -0.25) is 9.69 Å². The number of fused-ring (bicyclic) bond motifs is 1. The van der Waals surface area contributed by atoms with Gasteiger partial charge in [0.1, 0.15) is 11.4 Å². The molecule has 0 radical (unpaired) electrons. The van der Waals surface area contributed by atoms with E-state index in [9.17, 15) is 4.79 Å². The number of anilines is 1. The minimum atomic E-state index is -0.505. The van der Waals surface area contributed by atoms with Gasteiger partial charge in [0.15, 0.2) is 0 Å². The summed E-state index contributed by atoms with van der Waals surface area (Å²) in [7, 11) is 0. The van der Waals surface area contributed by atoms with E-state index >= 15 is 0 Å². The van der Waals surface area contributed by atoms with E-state index in [0.717, 1.165) is 50.3 Å². The first-order valence-electron chi connectivity index (χ1n) is 10.9. The van der Waals surface area contributed by atoms with E-state index in [1.807, 2.05) is 43.3 Å². The third-order valence-electron chi connectivity index (χ3n) is 6.58. The lowest BCUT2D eigenvalue weighted by atomic mass is 9.84. The van der Waals surface area contributed by atoms with Crippen molar-refractivity contribution >= 4 is 11.6 Å². The number of carbonyl (C=O) groups is 1. The summed E-state index contributed by atoms with van der Waals surface area (Å²) < 4.78 is 12.2. The normalized spacial score (nSPS) is 25.0. The van der Waals surface area contributed by atoms with Gasteiger partial charge in [0, 0.05) is 37.3 Å². The minimum Gasteiger partial charge on any atom is -0.494 e. The maximum absolute atomic E-state index is 12.6. The fourth-order valence-corrected chi connectivity index (χ4v) is 5.06. The summed E-state index contributed by atoms with van der Waals surface area (Å²) in [6, 6.07) is 16.0. The van der Waals surface area contributed by atoms with E-state index in [4.69, 9.17) is 9.47 Å². The number of nitrogens with zero attached hydrogens (tertiary/aromatic N) is 1. The smallest absolute Gasteiger partial charge is 0.255 e. The highest BCUT2D eigenvalue weighted by molar-refractivity contribution is 6.02. The fourth-order valence-electron chi connectivity index (χ4n) is 5.06. The molecule has 30 heavy (non-hydrogen) atoms. The van der Waals surface area contributed by atoms with Gasteiger partial charge < -0.3 is 20.1 Å². The quantitative estimate of drug-likeness (QED) is 0.814. The van der Waals surface area contributed by atoms with Crippen molar-refractivity contribution in [3.05, 3.63) is 59.7 Å². The van der Waals surface area contributed by atoms with E-state index in [2.05, 4.69) is 27.7 Å². The van der Waals surface area contributed by atoms with E-state index in [1.165, 1.54) is 5.56 Å². The number of amides is 1. The van der Waals surface area contributed by atoms with E-state index in [0.29, 0.717) is 18.8 Å². The summed E-state index contributed by atoms with van der Waals surface area (Å²) in [6.07, 6.45) is 2.72. The Labute approximate surface area is 177 Å². The molecular formula is C24H29N3O3. The van der Waals surface area contributed by atoms with Gasteiger partial charge >= 0.3 is 0 Å². The Morgan fingerprint density at radius 3 is 2.67 bits per heavy atom. The van der Waals surface area contributed by atoms with E-state index < -0.39 is 5.66 Å². The molecule has 1 atom stereocenters. The molecule has 1 unspecified atom stereocenters. The molecule has 0 aliphatic carbocycles. The van der Waals surface area contributed by atoms with Gasteiger partial charge in [-0.25, -0.2) is 0 Å². The molecule has 2 N–H and O–H groups in total.